The monoisotopic (exact) mass is 200 g/mol. The third-order valence-electron chi connectivity index (χ3n) is 1.77. The van der Waals surface area contributed by atoms with Gasteiger partial charge < -0.3 is 10.4 Å². The molecular weight excluding hydrogens is 184 g/mol. The fraction of sp³-hybridized carbons (Fsp3) is 0.667. The van der Waals surface area contributed by atoms with Gasteiger partial charge in [-0.3, -0.25) is 0 Å². The van der Waals surface area contributed by atoms with Gasteiger partial charge in [0, 0.05) is 17.8 Å². The van der Waals surface area contributed by atoms with Crippen LogP contribution in [0, 0.1) is 0 Å². The van der Waals surface area contributed by atoms with Crippen molar-refractivity contribution in [1.29, 1.82) is 0 Å². The second-order valence-corrected chi connectivity index (χ2v) is 4.23. The number of aromatic nitrogens is 1. The number of aliphatic hydroxyl groups is 1. The summed E-state index contributed by atoms with van der Waals surface area (Å²) >= 11 is 1.61. The zero-order valence-electron chi connectivity index (χ0n) is 8.24. The van der Waals surface area contributed by atoms with Crippen LogP contribution in [0.1, 0.15) is 36.6 Å². The highest BCUT2D eigenvalue weighted by Gasteiger charge is 2.12. The molecule has 0 saturated heterocycles. The van der Waals surface area contributed by atoms with Crippen molar-refractivity contribution in [3.8, 4) is 0 Å². The van der Waals surface area contributed by atoms with Crippen LogP contribution in [0.15, 0.2) is 5.38 Å². The maximum absolute atomic E-state index is 9.60. The summed E-state index contributed by atoms with van der Waals surface area (Å²) in [4.78, 5) is 4.36. The standard InChI is InChI=1S/C9H16N2OS/c1-6(2)9-11-7(5-13-9)8(12)4-10-3/h5-6,8,10,12H,4H2,1-3H3. The van der Waals surface area contributed by atoms with E-state index in [1.165, 1.54) is 0 Å². The number of hydrogen-bond donors (Lipinski definition) is 2. The van der Waals surface area contributed by atoms with Gasteiger partial charge in [0.2, 0.25) is 0 Å². The van der Waals surface area contributed by atoms with Crippen molar-refractivity contribution < 1.29 is 5.11 Å². The van der Waals surface area contributed by atoms with E-state index in [2.05, 4.69) is 24.1 Å². The van der Waals surface area contributed by atoms with Crippen LogP contribution in [0.2, 0.25) is 0 Å². The van der Waals surface area contributed by atoms with Crippen molar-refractivity contribution in [3.63, 3.8) is 0 Å². The van der Waals surface area contributed by atoms with Gasteiger partial charge in [0.05, 0.1) is 10.7 Å². The van der Waals surface area contributed by atoms with Gasteiger partial charge in [-0.05, 0) is 7.05 Å². The molecule has 0 aliphatic rings. The Kier molecular flexibility index (Phi) is 3.84. The lowest BCUT2D eigenvalue weighted by Gasteiger charge is -2.05. The number of rotatable bonds is 4. The molecule has 1 unspecified atom stereocenters. The van der Waals surface area contributed by atoms with Gasteiger partial charge >= 0.3 is 0 Å². The molecule has 3 nitrogen and oxygen atoms in total. The summed E-state index contributed by atoms with van der Waals surface area (Å²) in [6.45, 7) is 4.77. The second kappa shape index (κ2) is 4.69. The van der Waals surface area contributed by atoms with Gasteiger partial charge in [0.25, 0.3) is 0 Å². The maximum Gasteiger partial charge on any atom is 0.109 e. The first-order valence-corrected chi connectivity index (χ1v) is 5.31. The van der Waals surface area contributed by atoms with E-state index in [4.69, 9.17) is 0 Å². The predicted molar refractivity (Wildman–Crippen MR) is 55.1 cm³/mol. The number of likely N-dealkylation sites (N-methyl/N-ethyl adjacent to an activating group) is 1. The van der Waals surface area contributed by atoms with Crippen LogP contribution in [0.4, 0.5) is 0 Å². The fourth-order valence-electron chi connectivity index (χ4n) is 1.02. The Bertz CT molecular complexity index is 260. The minimum Gasteiger partial charge on any atom is -0.385 e. The van der Waals surface area contributed by atoms with Crippen molar-refractivity contribution in [3.05, 3.63) is 16.1 Å². The lowest BCUT2D eigenvalue weighted by molar-refractivity contribution is 0.173. The maximum atomic E-state index is 9.60. The van der Waals surface area contributed by atoms with Crippen molar-refractivity contribution in [2.45, 2.75) is 25.9 Å². The highest BCUT2D eigenvalue weighted by atomic mass is 32.1. The van der Waals surface area contributed by atoms with Crippen LogP contribution in [0.25, 0.3) is 0 Å². The Morgan fingerprint density at radius 2 is 2.31 bits per heavy atom. The number of nitrogens with zero attached hydrogens (tertiary/aromatic N) is 1. The SMILES string of the molecule is CNCC(O)c1csc(C(C)C)n1. The Morgan fingerprint density at radius 1 is 1.62 bits per heavy atom. The van der Waals surface area contributed by atoms with Gasteiger partial charge in [-0.2, -0.15) is 0 Å². The topological polar surface area (TPSA) is 45.1 Å². The largest absolute Gasteiger partial charge is 0.385 e. The predicted octanol–water partition coefficient (Wildman–Crippen LogP) is 1.52. The Morgan fingerprint density at radius 3 is 2.77 bits per heavy atom. The Labute approximate surface area is 82.8 Å². The third-order valence-corrected chi connectivity index (χ3v) is 2.94. The second-order valence-electron chi connectivity index (χ2n) is 3.34. The average molecular weight is 200 g/mol. The Balaban J connectivity index is 2.67. The van der Waals surface area contributed by atoms with Crippen molar-refractivity contribution in [2.75, 3.05) is 13.6 Å². The molecule has 0 aliphatic heterocycles. The van der Waals surface area contributed by atoms with E-state index >= 15 is 0 Å². The molecule has 1 aromatic heterocycles. The smallest absolute Gasteiger partial charge is 0.109 e. The van der Waals surface area contributed by atoms with E-state index in [-0.39, 0.29) is 0 Å². The first-order valence-electron chi connectivity index (χ1n) is 4.43. The highest BCUT2D eigenvalue weighted by Crippen LogP contribution is 2.22. The summed E-state index contributed by atoms with van der Waals surface area (Å²) in [5.74, 6) is 0.445. The van der Waals surface area contributed by atoms with Gasteiger partial charge in [-0.1, -0.05) is 13.8 Å². The van der Waals surface area contributed by atoms with Crippen LogP contribution in [0.3, 0.4) is 0 Å². The molecule has 0 saturated carbocycles. The lowest BCUT2D eigenvalue weighted by Crippen LogP contribution is -2.16. The van der Waals surface area contributed by atoms with Gasteiger partial charge in [-0.15, -0.1) is 11.3 Å². The summed E-state index contributed by atoms with van der Waals surface area (Å²) in [5.41, 5.74) is 0.781. The fourth-order valence-corrected chi connectivity index (χ4v) is 1.90. The summed E-state index contributed by atoms with van der Waals surface area (Å²) in [7, 11) is 1.82. The Hall–Kier alpha value is -0.450. The number of nitrogens with one attached hydrogen (secondary N) is 1. The quantitative estimate of drug-likeness (QED) is 0.774. The van der Waals surface area contributed by atoms with Crippen LogP contribution in [0.5, 0.6) is 0 Å². The van der Waals surface area contributed by atoms with E-state index in [9.17, 15) is 5.11 Å². The zero-order chi connectivity index (χ0) is 9.84. The molecule has 4 heteroatoms. The first-order chi connectivity index (χ1) is 6.15. The van der Waals surface area contributed by atoms with Crippen LogP contribution < -0.4 is 5.32 Å². The van der Waals surface area contributed by atoms with Crippen molar-refractivity contribution in [2.24, 2.45) is 0 Å². The minimum absolute atomic E-state index is 0.445. The van der Waals surface area contributed by atoms with Crippen molar-refractivity contribution in [1.82, 2.24) is 10.3 Å². The van der Waals surface area contributed by atoms with E-state index in [0.29, 0.717) is 12.5 Å². The van der Waals surface area contributed by atoms with Crippen molar-refractivity contribution >= 4 is 11.3 Å². The number of aliphatic hydroxyl groups excluding tert-OH is 1. The molecule has 1 atom stereocenters. The molecule has 1 heterocycles. The number of thiazole rings is 1. The normalized spacial score (nSPS) is 13.6. The lowest BCUT2D eigenvalue weighted by atomic mass is 10.2. The molecule has 0 fully saturated rings. The molecule has 0 radical (unpaired) electrons. The molecule has 0 aliphatic carbocycles. The molecular formula is C9H16N2OS. The summed E-state index contributed by atoms with van der Waals surface area (Å²) in [6.07, 6.45) is -0.478. The third kappa shape index (κ3) is 2.76. The van der Waals surface area contributed by atoms with E-state index in [0.717, 1.165) is 10.7 Å². The molecule has 13 heavy (non-hydrogen) atoms. The average Bonchev–Trinajstić information content (AvgIpc) is 2.52. The summed E-state index contributed by atoms with van der Waals surface area (Å²) in [5, 5.41) is 15.5. The molecule has 0 amide bonds. The van der Waals surface area contributed by atoms with Gasteiger partial charge in [0.1, 0.15) is 6.10 Å². The number of hydrogen-bond acceptors (Lipinski definition) is 4. The van der Waals surface area contributed by atoms with Crippen LogP contribution >= 0.6 is 11.3 Å². The van der Waals surface area contributed by atoms with Gasteiger partial charge in [-0.25, -0.2) is 4.98 Å². The summed E-state index contributed by atoms with van der Waals surface area (Å²) < 4.78 is 0. The molecule has 0 aromatic carbocycles. The first kappa shape index (κ1) is 10.6. The molecule has 1 rings (SSSR count). The van der Waals surface area contributed by atoms with Crippen LogP contribution in [-0.4, -0.2) is 23.7 Å². The molecule has 0 bridgehead atoms. The molecule has 2 N–H and O–H groups in total. The van der Waals surface area contributed by atoms with Gasteiger partial charge in [0.15, 0.2) is 0 Å². The molecule has 74 valence electrons. The minimum atomic E-state index is -0.478. The molecule has 0 spiro atoms. The van der Waals surface area contributed by atoms with E-state index in [1.807, 2.05) is 12.4 Å². The van der Waals surface area contributed by atoms with Crippen LogP contribution in [-0.2, 0) is 0 Å². The highest BCUT2D eigenvalue weighted by molar-refractivity contribution is 7.09. The van der Waals surface area contributed by atoms with E-state index < -0.39 is 6.10 Å². The zero-order valence-corrected chi connectivity index (χ0v) is 9.06. The molecule has 1 aromatic rings. The summed E-state index contributed by atoms with van der Waals surface area (Å²) in [6, 6.07) is 0. The van der Waals surface area contributed by atoms with E-state index in [1.54, 1.807) is 11.3 Å².